The zero-order valence-corrected chi connectivity index (χ0v) is 13.6. The highest BCUT2D eigenvalue weighted by atomic mass is 32.2. The first-order valence-corrected chi connectivity index (χ1v) is 9.74. The molecular weight excluding hydrogens is 300 g/mol. The van der Waals surface area contributed by atoms with Crippen molar-refractivity contribution in [2.24, 2.45) is 0 Å². The van der Waals surface area contributed by atoms with Gasteiger partial charge in [0, 0.05) is 31.4 Å². The van der Waals surface area contributed by atoms with Crippen molar-refractivity contribution in [2.75, 3.05) is 30.4 Å². The zero-order chi connectivity index (χ0) is 15.6. The molecule has 3 rings (SSSR count). The summed E-state index contributed by atoms with van der Waals surface area (Å²) in [4.78, 5) is 2.28. The highest BCUT2D eigenvalue weighted by Gasteiger charge is 2.33. The molecule has 0 aliphatic carbocycles. The van der Waals surface area contributed by atoms with Crippen LogP contribution in [0.2, 0.25) is 0 Å². The van der Waals surface area contributed by atoms with Gasteiger partial charge in [0.25, 0.3) is 0 Å². The summed E-state index contributed by atoms with van der Waals surface area (Å²) in [5, 5.41) is 0. The number of sulfone groups is 1. The Balaban J connectivity index is 1.71. The van der Waals surface area contributed by atoms with Gasteiger partial charge in [0.05, 0.1) is 17.6 Å². The SMILES string of the molecule is Nc1ccc(CN(C[C@H]2CCCO2)[C@@H]2CCS(=O)(=O)C2)cc1. The smallest absolute Gasteiger partial charge is 0.151 e. The molecule has 1 aromatic carbocycles. The summed E-state index contributed by atoms with van der Waals surface area (Å²) in [7, 11) is -2.88. The number of nitrogen functional groups attached to an aromatic ring is 1. The minimum Gasteiger partial charge on any atom is -0.399 e. The monoisotopic (exact) mass is 324 g/mol. The van der Waals surface area contributed by atoms with E-state index < -0.39 is 9.84 Å². The highest BCUT2D eigenvalue weighted by molar-refractivity contribution is 7.91. The van der Waals surface area contributed by atoms with Crippen LogP contribution in [0, 0.1) is 0 Å². The maximum atomic E-state index is 11.8. The van der Waals surface area contributed by atoms with Crippen molar-refractivity contribution in [3.63, 3.8) is 0 Å². The van der Waals surface area contributed by atoms with Gasteiger partial charge >= 0.3 is 0 Å². The summed E-state index contributed by atoms with van der Waals surface area (Å²) >= 11 is 0. The van der Waals surface area contributed by atoms with E-state index in [1.54, 1.807) is 0 Å². The van der Waals surface area contributed by atoms with Crippen molar-refractivity contribution < 1.29 is 13.2 Å². The number of benzene rings is 1. The quantitative estimate of drug-likeness (QED) is 0.830. The van der Waals surface area contributed by atoms with Crippen LogP contribution < -0.4 is 5.73 Å². The van der Waals surface area contributed by atoms with Crippen LogP contribution >= 0.6 is 0 Å². The Morgan fingerprint density at radius 3 is 2.59 bits per heavy atom. The first-order valence-electron chi connectivity index (χ1n) is 7.92. The lowest BCUT2D eigenvalue weighted by Gasteiger charge is -2.30. The molecular formula is C16H24N2O3S. The lowest BCUT2D eigenvalue weighted by Crippen LogP contribution is -2.40. The molecule has 122 valence electrons. The second-order valence-electron chi connectivity index (χ2n) is 6.36. The lowest BCUT2D eigenvalue weighted by atomic mass is 10.1. The van der Waals surface area contributed by atoms with Crippen LogP contribution in [0.25, 0.3) is 0 Å². The number of ether oxygens (including phenoxy) is 1. The van der Waals surface area contributed by atoms with Gasteiger partial charge in [-0.1, -0.05) is 12.1 Å². The summed E-state index contributed by atoms with van der Waals surface area (Å²) in [6.07, 6.45) is 3.13. The number of hydrogen-bond donors (Lipinski definition) is 1. The van der Waals surface area contributed by atoms with E-state index in [1.165, 1.54) is 0 Å². The Bertz CT molecular complexity index is 594. The molecule has 2 N–H and O–H groups in total. The average molecular weight is 324 g/mol. The van der Waals surface area contributed by atoms with Crippen LogP contribution in [-0.2, 0) is 21.1 Å². The molecule has 0 amide bonds. The van der Waals surface area contributed by atoms with E-state index in [-0.39, 0.29) is 17.9 Å². The summed E-state index contributed by atoms with van der Waals surface area (Å²) in [6.45, 7) is 2.38. The van der Waals surface area contributed by atoms with Gasteiger partial charge in [0.1, 0.15) is 0 Å². The Morgan fingerprint density at radius 2 is 2.00 bits per heavy atom. The first kappa shape index (κ1) is 15.8. The fourth-order valence-electron chi connectivity index (χ4n) is 3.31. The molecule has 0 unspecified atom stereocenters. The minimum absolute atomic E-state index is 0.103. The van der Waals surface area contributed by atoms with Crippen molar-refractivity contribution in [2.45, 2.75) is 38.0 Å². The molecule has 0 bridgehead atoms. The van der Waals surface area contributed by atoms with Gasteiger partial charge in [0.2, 0.25) is 0 Å². The maximum Gasteiger partial charge on any atom is 0.151 e. The van der Waals surface area contributed by atoms with Crippen molar-refractivity contribution in [3.8, 4) is 0 Å². The average Bonchev–Trinajstić information content (AvgIpc) is 3.10. The molecule has 22 heavy (non-hydrogen) atoms. The molecule has 5 nitrogen and oxygen atoms in total. The molecule has 2 atom stereocenters. The third-order valence-electron chi connectivity index (χ3n) is 4.55. The van der Waals surface area contributed by atoms with Gasteiger partial charge in [-0.15, -0.1) is 0 Å². The number of rotatable bonds is 5. The predicted molar refractivity (Wildman–Crippen MR) is 87.3 cm³/mol. The van der Waals surface area contributed by atoms with Gasteiger partial charge in [-0.05, 0) is 37.0 Å². The van der Waals surface area contributed by atoms with E-state index >= 15 is 0 Å². The Kier molecular flexibility index (Phi) is 4.70. The fraction of sp³-hybridized carbons (Fsp3) is 0.625. The summed E-state index contributed by atoms with van der Waals surface area (Å²) in [5.41, 5.74) is 7.65. The number of nitrogens with zero attached hydrogens (tertiary/aromatic N) is 1. The second kappa shape index (κ2) is 6.56. The zero-order valence-electron chi connectivity index (χ0n) is 12.8. The van der Waals surface area contributed by atoms with E-state index in [1.807, 2.05) is 24.3 Å². The number of hydrogen-bond acceptors (Lipinski definition) is 5. The largest absolute Gasteiger partial charge is 0.399 e. The highest BCUT2D eigenvalue weighted by Crippen LogP contribution is 2.23. The Morgan fingerprint density at radius 1 is 1.23 bits per heavy atom. The third kappa shape index (κ3) is 4.00. The minimum atomic E-state index is -2.88. The molecule has 2 fully saturated rings. The van der Waals surface area contributed by atoms with Gasteiger partial charge in [-0.3, -0.25) is 4.90 Å². The van der Waals surface area contributed by atoms with E-state index in [2.05, 4.69) is 4.90 Å². The topological polar surface area (TPSA) is 72.6 Å². The summed E-state index contributed by atoms with van der Waals surface area (Å²) in [6, 6.07) is 7.92. The molecule has 6 heteroatoms. The predicted octanol–water partition coefficient (Wildman–Crippen LogP) is 1.44. The fourth-order valence-corrected chi connectivity index (χ4v) is 5.08. The first-order chi connectivity index (χ1) is 10.5. The van der Waals surface area contributed by atoms with Gasteiger partial charge in [-0.2, -0.15) is 0 Å². The van der Waals surface area contributed by atoms with Crippen LogP contribution in [0.4, 0.5) is 5.69 Å². The maximum absolute atomic E-state index is 11.8. The van der Waals surface area contributed by atoms with Crippen molar-refractivity contribution in [3.05, 3.63) is 29.8 Å². The van der Waals surface area contributed by atoms with E-state index in [9.17, 15) is 8.42 Å². The van der Waals surface area contributed by atoms with Crippen LogP contribution in [0.1, 0.15) is 24.8 Å². The van der Waals surface area contributed by atoms with Gasteiger partial charge in [-0.25, -0.2) is 8.42 Å². The van der Waals surface area contributed by atoms with Crippen molar-refractivity contribution in [1.82, 2.24) is 4.90 Å². The third-order valence-corrected chi connectivity index (χ3v) is 6.30. The van der Waals surface area contributed by atoms with Crippen LogP contribution in [0.3, 0.4) is 0 Å². The molecule has 2 aliphatic heterocycles. The van der Waals surface area contributed by atoms with Crippen molar-refractivity contribution >= 4 is 15.5 Å². The van der Waals surface area contributed by atoms with Crippen molar-refractivity contribution in [1.29, 1.82) is 0 Å². The molecule has 0 saturated carbocycles. The Hall–Kier alpha value is -1.11. The molecule has 2 saturated heterocycles. The molecule has 0 spiro atoms. The number of nitrogens with two attached hydrogens (primary N) is 1. The van der Waals surface area contributed by atoms with E-state index in [0.29, 0.717) is 5.75 Å². The standard InChI is InChI=1S/C16H24N2O3S/c17-14-5-3-13(4-6-14)10-18(11-16-2-1-8-21-16)15-7-9-22(19,20)12-15/h3-6,15-16H,1-2,7-12,17H2/t15-,16-/m1/s1. The molecule has 0 radical (unpaired) electrons. The van der Waals surface area contributed by atoms with Gasteiger partial charge in [0.15, 0.2) is 9.84 Å². The Labute approximate surface area is 132 Å². The van der Waals surface area contributed by atoms with Crippen LogP contribution in [0.5, 0.6) is 0 Å². The van der Waals surface area contributed by atoms with Crippen LogP contribution in [0.15, 0.2) is 24.3 Å². The van der Waals surface area contributed by atoms with Crippen LogP contribution in [-0.4, -0.2) is 50.1 Å². The van der Waals surface area contributed by atoms with E-state index in [4.69, 9.17) is 10.5 Å². The molecule has 1 aromatic rings. The second-order valence-corrected chi connectivity index (χ2v) is 8.59. The summed E-state index contributed by atoms with van der Waals surface area (Å²) in [5.74, 6) is 0.579. The molecule has 2 heterocycles. The summed E-state index contributed by atoms with van der Waals surface area (Å²) < 4.78 is 29.4. The van der Waals surface area contributed by atoms with E-state index in [0.717, 1.165) is 50.2 Å². The number of anilines is 1. The molecule has 2 aliphatic rings. The molecule has 0 aromatic heterocycles. The van der Waals surface area contributed by atoms with Gasteiger partial charge < -0.3 is 10.5 Å². The lowest BCUT2D eigenvalue weighted by molar-refractivity contribution is 0.0574. The normalized spacial score (nSPS) is 27.5.